The Bertz CT molecular complexity index is 2640. The minimum atomic E-state index is -0.178. The summed E-state index contributed by atoms with van der Waals surface area (Å²) in [5.41, 5.74) is 14.4. The first-order valence-electron chi connectivity index (χ1n) is 19.1. The van der Waals surface area contributed by atoms with Gasteiger partial charge in [-0.2, -0.15) is 5.26 Å². The van der Waals surface area contributed by atoms with E-state index >= 15 is 0 Å². The van der Waals surface area contributed by atoms with E-state index in [1.807, 2.05) is 42.5 Å². The second-order valence-corrected chi connectivity index (χ2v) is 15.2. The van der Waals surface area contributed by atoms with Crippen LogP contribution < -0.4 is 0 Å². The van der Waals surface area contributed by atoms with Crippen molar-refractivity contribution in [3.05, 3.63) is 174 Å². The van der Waals surface area contributed by atoms with Crippen LogP contribution in [0.2, 0.25) is 0 Å². The van der Waals surface area contributed by atoms with Crippen LogP contribution in [0.4, 0.5) is 0 Å². The lowest BCUT2D eigenvalue weighted by Crippen LogP contribution is -2.37. The summed E-state index contributed by atoms with van der Waals surface area (Å²) in [6, 6.07) is 53.2. The molecule has 2 bridgehead atoms. The Balaban J connectivity index is 1.11. The summed E-state index contributed by atoms with van der Waals surface area (Å²) in [5.74, 6) is 3.04. The van der Waals surface area contributed by atoms with Crippen molar-refractivity contribution in [1.29, 1.82) is 5.26 Å². The molecule has 1 spiro atoms. The van der Waals surface area contributed by atoms with Crippen LogP contribution >= 0.6 is 0 Å². The predicted molar refractivity (Wildman–Crippen MR) is 217 cm³/mol. The molecule has 0 amide bonds. The Kier molecular flexibility index (Phi) is 7.70. The summed E-state index contributed by atoms with van der Waals surface area (Å²) >= 11 is 0. The molecule has 1 aromatic heterocycles. The zero-order valence-corrected chi connectivity index (χ0v) is 30.2. The van der Waals surface area contributed by atoms with Gasteiger partial charge in [-0.1, -0.05) is 158 Å². The maximum absolute atomic E-state index is 10.8. The molecule has 0 aliphatic heterocycles. The molecule has 1 fully saturated rings. The van der Waals surface area contributed by atoms with Gasteiger partial charge in [0.2, 0.25) is 0 Å². The molecule has 3 unspecified atom stereocenters. The molecule has 10 rings (SSSR count). The van der Waals surface area contributed by atoms with E-state index in [2.05, 4.69) is 122 Å². The van der Waals surface area contributed by atoms with Crippen LogP contribution in [0, 0.1) is 23.2 Å². The lowest BCUT2D eigenvalue weighted by Gasteiger charge is -2.46. The summed E-state index contributed by atoms with van der Waals surface area (Å²) in [6.45, 7) is 2.38. The van der Waals surface area contributed by atoms with Crippen molar-refractivity contribution in [3.63, 3.8) is 0 Å². The smallest absolute Gasteiger partial charge is 0.164 e. The fourth-order valence-corrected chi connectivity index (χ4v) is 9.60. The Morgan fingerprint density at radius 1 is 0.574 bits per heavy atom. The maximum atomic E-state index is 10.8. The average molecular weight is 695 g/mol. The zero-order chi connectivity index (χ0) is 36.2. The van der Waals surface area contributed by atoms with Crippen molar-refractivity contribution >= 4 is 0 Å². The van der Waals surface area contributed by atoms with Crippen LogP contribution in [-0.2, 0) is 5.41 Å². The molecule has 4 nitrogen and oxygen atoms in total. The topological polar surface area (TPSA) is 62.5 Å². The number of rotatable bonds is 5. The lowest BCUT2D eigenvalue weighted by molar-refractivity contribution is 0.285. The molecule has 0 radical (unpaired) electrons. The Morgan fingerprint density at radius 2 is 1.13 bits per heavy atom. The molecule has 3 aliphatic rings. The number of nitriles is 1. The summed E-state index contributed by atoms with van der Waals surface area (Å²) in [5, 5.41) is 10.8. The Hall–Kier alpha value is -6.44. The summed E-state index contributed by atoms with van der Waals surface area (Å²) in [6.07, 6.45) is 7.31. The molecular weight excluding hydrogens is 657 g/mol. The van der Waals surface area contributed by atoms with Gasteiger partial charge in [0.05, 0.1) is 11.6 Å². The van der Waals surface area contributed by atoms with Crippen LogP contribution in [-0.4, -0.2) is 15.0 Å². The first-order valence-corrected chi connectivity index (χ1v) is 19.1. The summed E-state index contributed by atoms with van der Waals surface area (Å²) < 4.78 is 0. The minimum Gasteiger partial charge on any atom is -0.208 e. The second-order valence-electron chi connectivity index (χ2n) is 15.2. The highest BCUT2D eigenvalue weighted by Crippen LogP contribution is 2.62. The van der Waals surface area contributed by atoms with E-state index < -0.39 is 0 Å². The van der Waals surface area contributed by atoms with Crippen molar-refractivity contribution in [3.8, 4) is 73.6 Å². The van der Waals surface area contributed by atoms with Gasteiger partial charge in [-0.05, 0) is 88.1 Å². The Labute approximate surface area is 316 Å². The number of allylic oxidation sites excluding steroid dienone is 2. The minimum absolute atomic E-state index is 0.178. The molecule has 0 N–H and O–H groups in total. The molecule has 6 aromatic carbocycles. The van der Waals surface area contributed by atoms with Gasteiger partial charge < -0.3 is 0 Å². The number of benzene rings is 6. The average Bonchev–Trinajstić information content (AvgIpc) is 3.53. The van der Waals surface area contributed by atoms with Crippen LogP contribution in [0.25, 0.3) is 67.5 Å². The van der Waals surface area contributed by atoms with E-state index in [0.717, 1.165) is 57.7 Å². The molecule has 258 valence electrons. The number of nitrogens with zero attached hydrogens (tertiary/aromatic N) is 4. The van der Waals surface area contributed by atoms with E-state index in [-0.39, 0.29) is 5.41 Å². The number of fused-ring (bicyclic) bond motifs is 8. The predicted octanol–water partition coefficient (Wildman–Crippen LogP) is 12.1. The largest absolute Gasteiger partial charge is 0.208 e. The quantitative estimate of drug-likeness (QED) is 0.168. The highest BCUT2D eigenvalue weighted by Gasteiger charge is 2.50. The van der Waals surface area contributed by atoms with Crippen molar-refractivity contribution in [2.45, 2.75) is 38.0 Å². The first kappa shape index (κ1) is 32.2. The van der Waals surface area contributed by atoms with Gasteiger partial charge in [-0.25, -0.2) is 15.0 Å². The van der Waals surface area contributed by atoms with Gasteiger partial charge in [0.15, 0.2) is 17.5 Å². The molecule has 54 heavy (non-hydrogen) atoms. The summed E-state index contributed by atoms with van der Waals surface area (Å²) in [7, 11) is 0. The van der Waals surface area contributed by atoms with Gasteiger partial charge in [0.25, 0.3) is 0 Å². The van der Waals surface area contributed by atoms with Gasteiger partial charge in [-0.3, -0.25) is 0 Å². The highest BCUT2D eigenvalue weighted by molar-refractivity contribution is 5.92. The van der Waals surface area contributed by atoms with Crippen molar-refractivity contribution in [1.82, 2.24) is 15.0 Å². The third-order valence-electron chi connectivity index (χ3n) is 11.9. The molecular formula is C50H38N4. The van der Waals surface area contributed by atoms with Crippen molar-refractivity contribution in [2.24, 2.45) is 11.8 Å². The SMILES string of the molecule is CC1C=C2CC(CCC23c2ccccc2-c2cccc(-c4ccc(-c5nc(-c6ccccc6)nc(-c6ccc(-c7ccccc7)cc6)n5)cc4C#N)c23)C1. The molecule has 7 aromatic rings. The van der Waals surface area contributed by atoms with Crippen molar-refractivity contribution < 1.29 is 0 Å². The van der Waals surface area contributed by atoms with Gasteiger partial charge in [0, 0.05) is 22.1 Å². The van der Waals surface area contributed by atoms with E-state index in [4.69, 9.17) is 15.0 Å². The van der Waals surface area contributed by atoms with Crippen molar-refractivity contribution in [2.75, 3.05) is 0 Å². The third kappa shape index (κ3) is 5.23. The monoisotopic (exact) mass is 694 g/mol. The van der Waals surface area contributed by atoms with E-state index in [1.165, 1.54) is 35.1 Å². The highest BCUT2D eigenvalue weighted by atomic mass is 15.0. The fraction of sp³-hybridized carbons (Fsp3) is 0.160. The molecule has 1 saturated carbocycles. The normalized spacial score (nSPS) is 19.4. The van der Waals surface area contributed by atoms with Gasteiger partial charge in [-0.15, -0.1) is 0 Å². The first-order chi connectivity index (χ1) is 26.6. The third-order valence-corrected chi connectivity index (χ3v) is 11.9. The molecule has 1 heterocycles. The van der Waals surface area contributed by atoms with E-state index in [9.17, 15) is 5.26 Å². The number of aromatic nitrogens is 3. The molecule has 0 saturated heterocycles. The maximum Gasteiger partial charge on any atom is 0.164 e. The molecule has 4 heteroatoms. The van der Waals surface area contributed by atoms with Crippen LogP contribution in [0.3, 0.4) is 0 Å². The number of hydrogen-bond donors (Lipinski definition) is 0. The standard InChI is InChI=1S/C50H38N4/c1-32-27-33-25-26-50(40(28-32)29-33)45-18-9-8-15-42(45)44-17-10-16-43(46(44)50)41-24-23-38(30-39(41)31-51)49-53-47(36-13-6-3-7-14-36)52-48(54-49)37-21-19-35(20-22-37)34-11-4-2-5-12-34/h2-24,28,30,32-33H,25-27,29H2,1H3. The van der Waals surface area contributed by atoms with Crippen LogP contribution in [0.5, 0.6) is 0 Å². The van der Waals surface area contributed by atoms with Crippen LogP contribution in [0.15, 0.2) is 157 Å². The molecule has 3 aliphatic carbocycles. The van der Waals surface area contributed by atoms with Gasteiger partial charge >= 0.3 is 0 Å². The fourth-order valence-electron chi connectivity index (χ4n) is 9.60. The zero-order valence-electron chi connectivity index (χ0n) is 30.2. The lowest BCUT2D eigenvalue weighted by atomic mass is 9.57. The van der Waals surface area contributed by atoms with E-state index in [0.29, 0.717) is 29.0 Å². The van der Waals surface area contributed by atoms with Gasteiger partial charge in [0.1, 0.15) is 0 Å². The van der Waals surface area contributed by atoms with Crippen LogP contribution in [0.1, 0.15) is 49.3 Å². The summed E-state index contributed by atoms with van der Waals surface area (Å²) in [4.78, 5) is 15.0. The van der Waals surface area contributed by atoms with E-state index in [1.54, 1.807) is 5.57 Å². The molecule has 3 atom stereocenters. The Morgan fingerprint density at radius 3 is 1.85 bits per heavy atom. The number of hydrogen-bond acceptors (Lipinski definition) is 4. The second kappa shape index (κ2) is 12.9.